The van der Waals surface area contributed by atoms with Gasteiger partial charge in [0.15, 0.2) is 0 Å². The van der Waals surface area contributed by atoms with Crippen LogP contribution in [0.15, 0.2) is 18.2 Å². The average molecular weight is 341 g/mol. The lowest BCUT2D eigenvalue weighted by molar-refractivity contribution is -0.152. The molecule has 0 amide bonds. The Bertz CT molecular complexity index is 565. The number of hydrogen-bond donors (Lipinski definition) is 0. The highest BCUT2D eigenvalue weighted by atomic mass is 19.4. The number of halogens is 3. The second kappa shape index (κ2) is 7.02. The van der Waals surface area contributed by atoms with Crippen molar-refractivity contribution in [1.82, 2.24) is 14.7 Å². The SMILES string of the molecule is CC1Cc2cc(CN3CCN(C)CC3)ccc2CN1CC(F)(F)F. The van der Waals surface area contributed by atoms with Crippen LogP contribution in [0.1, 0.15) is 23.6 Å². The molecular formula is C18H26F3N3. The Morgan fingerprint density at radius 2 is 1.79 bits per heavy atom. The van der Waals surface area contributed by atoms with Crippen LogP contribution in [0.4, 0.5) is 13.2 Å². The van der Waals surface area contributed by atoms with Gasteiger partial charge in [-0.05, 0) is 37.1 Å². The second-order valence-corrected chi connectivity index (χ2v) is 7.26. The van der Waals surface area contributed by atoms with Crippen LogP contribution >= 0.6 is 0 Å². The summed E-state index contributed by atoms with van der Waals surface area (Å²) in [5.74, 6) is 0. The van der Waals surface area contributed by atoms with Crippen molar-refractivity contribution >= 4 is 0 Å². The minimum absolute atomic E-state index is 0.0713. The van der Waals surface area contributed by atoms with E-state index in [0.29, 0.717) is 13.0 Å². The molecule has 1 atom stereocenters. The summed E-state index contributed by atoms with van der Waals surface area (Å²) in [6.45, 7) is 6.72. The maximum Gasteiger partial charge on any atom is 0.401 e. The number of likely N-dealkylation sites (N-methyl/N-ethyl adjacent to an activating group) is 1. The maximum absolute atomic E-state index is 12.7. The van der Waals surface area contributed by atoms with Crippen molar-refractivity contribution in [2.24, 2.45) is 0 Å². The molecule has 0 aliphatic carbocycles. The van der Waals surface area contributed by atoms with Crippen LogP contribution in [0.25, 0.3) is 0 Å². The summed E-state index contributed by atoms with van der Waals surface area (Å²) < 4.78 is 38.1. The summed E-state index contributed by atoms with van der Waals surface area (Å²) in [4.78, 5) is 6.31. The minimum atomic E-state index is -4.13. The van der Waals surface area contributed by atoms with E-state index in [-0.39, 0.29) is 6.04 Å². The van der Waals surface area contributed by atoms with Crippen molar-refractivity contribution in [3.8, 4) is 0 Å². The third-order valence-electron chi connectivity index (χ3n) is 5.17. The number of fused-ring (bicyclic) bond motifs is 1. The Balaban J connectivity index is 1.65. The Morgan fingerprint density at radius 3 is 2.46 bits per heavy atom. The number of rotatable bonds is 3. The van der Waals surface area contributed by atoms with Gasteiger partial charge in [-0.1, -0.05) is 18.2 Å². The first kappa shape index (κ1) is 17.7. The lowest BCUT2D eigenvalue weighted by Gasteiger charge is -2.36. The average Bonchev–Trinajstić information content (AvgIpc) is 2.49. The first-order valence-corrected chi connectivity index (χ1v) is 8.62. The summed E-state index contributed by atoms with van der Waals surface area (Å²) in [5.41, 5.74) is 3.53. The van der Waals surface area contributed by atoms with E-state index >= 15 is 0 Å². The van der Waals surface area contributed by atoms with Gasteiger partial charge in [0.2, 0.25) is 0 Å². The molecule has 1 unspecified atom stereocenters. The van der Waals surface area contributed by atoms with E-state index in [1.807, 2.05) is 13.0 Å². The molecule has 0 saturated carbocycles. The molecule has 134 valence electrons. The van der Waals surface area contributed by atoms with E-state index in [9.17, 15) is 13.2 Å². The summed E-state index contributed by atoms with van der Waals surface area (Å²) in [6, 6.07) is 6.24. The Labute approximate surface area is 142 Å². The van der Waals surface area contributed by atoms with E-state index in [1.165, 1.54) is 16.0 Å². The highest BCUT2D eigenvalue weighted by Crippen LogP contribution is 2.28. The van der Waals surface area contributed by atoms with Crippen LogP contribution in [-0.4, -0.2) is 66.7 Å². The molecule has 0 bridgehead atoms. The first-order valence-electron chi connectivity index (χ1n) is 8.62. The minimum Gasteiger partial charge on any atom is -0.304 e. The third kappa shape index (κ3) is 4.49. The number of nitrogens with zero attached hydrogens (tertiary/aromatic N) is 3. The predicted octanol–water partition coefficient (Wildman–Crippen LogP) is 2.74. The quantitative estimate of drug-likeness (QED) is 0.837. The molecule has 0 spiro atoms. The number of alkyl halides is 3. The predicted molar refractivity (Wildman–Crippen MR) is 88.8 cm³/mol. The summed E-state index contributed by atoms with van der Waals surface area (Å²) in [5, 5.41) is 0. The molecule has 1 aromatic carbocycles. The van der Waals surface area contributed by atoms with Gasteiger partial charge in [0, 0.05) is 45.3 Å². The van der Waals surface area contributed by atoms with E-state index in [0.717, 1.165) is 38.3 Å². The summed E-state index contributed by atoms with van der Waals surface area (Å²) in [6.07, 6.45) is -3.44. The molecule has 2 aliphatic heterocycles. The monoisotopic (exact) mass is 341 g/mol. The number of piperazine rings is 1. The van der Waals surface area contributed by atoms with Crippen LogP contribution in [-0.2, 0) is 19.5 Å². The fraction of sp³-hybridized carbons (Fsp3) is 0.667. The molecule has 2 heterocycles. The molecule has 24 heavy (non-hydrogen) atoms. The zero-order valence-corrected chi connectivity index (χ0v) is 14.4. The van der Waals surface area contributed by atoms with Gasteiger partial charge in [-0.3, -0.25) is 9.80 Å². The van der Waals surface area contributed by atoms with Gasteiger partial charge in [-0.2, -0.15) is 13.2 Å². The zero-order valence-electron chi connectivity index (χ0n) is 14.4. The van der Waals surface area contributed by atoms with Crippen LogP contribution in [0.3, 0.4) is 0 Å². The van der Waals surface area contributed by atoms with Crippen molar-refractivity contribution in [3.63, 3.8) is 0 Å². The van der Waals surface area contributed by atoms with Gasteiger partial charge in [0.1, 0.15) is 0 Å². The lowest BCUT2D eigenvalue weighted by atomic mass is 9.93. The van der Waals surface area contributed by atoms with E-state index in [2.05, 4.69) is 29.0 Å². The summed E-state index contributed by atoms with van der Waals surface area (Å²) >= 11 is 0. The molecule has 0 radical (unpaired) electrons. The van der Waals surface area contributed by atoms with Crippen LogP contribution in [0.2, 0.25) is 0 Å². The van der Waals surface area contributed by atoms with Gasteiger partial charge in [-0.15, -0.1) is 0 Å². The van der Waals surface area contributed by atoms with Gasteiger partial charge < -0.3 is 4.90 Å². The molecule has 0 aromatic heterocycles. The Morgan fingerprint density at radius 1 is 1.08 bits per heavy atom. The van der Waals surface area contributed by atoms with Gasteiger partial charge in [0.05, 0.1) is 6.54 Å². The van der Waals surface area contributed by atoms with Crippen LogP contribution in [0, 0.1) is 0 Å². The van der Waals surface area contributed by atoms with E-state index in [1.54, 1.807) is 0 Å². The Kier molecular flexibility index (Phi) is 5.18. The fourth-order valence-corrected chi connectivity index (χ4v) is 3.65. The first-order chi connectivity index (χ1) is 11.3. The van der Waals surface area contributed by atoms with Gasteiger partial charge in [-0.25, -0.2) is 0 Å². The maximum atomic E-state index is 12.7. The van der Waals surface area contributed by atoms with E-state index < -0.39 is 12.7 Å². The highest BCUT2D eigenvalue weighted by Gasteiger charge is 2.34. The molecular weight excluding hydrogens is 315 g/mol. The normalized spacial score (nSPS) is 24.1. The van der Waals surface area contributed by atoms with Crippen LogP contribution < -0.4 is 0 Å². The van der Waals surface area contributed by atoms with Gasteiger partial charge >= 0.3 is 6.18 Å². The van der Waals surface area contributed by atoms with E-state index in [4.69, 9.17) is 0 Å². The van der Waals surface area contributed by atoms with Gasteiger partial charge in [0.25, 0.3) is 0 Å². The second-order valence-electron chi connectivity index (χ2n) is 7.26. The lowest BCUT2D eigenvalue weighted by Crippen LogP contribution is -2.44. The fourth-order valence-electron chi connectivity index (χ4n) is 3.65. The molecule has 2 aliphatic rings. The number of benzene rings is 1. The third-order valence-corrected chi connectivity index (χ3v) is 5.17. The summed E-state index contributed by atoms with van der Waals surface area (Å²) in [7, 11) is 2.14. The largest absolute Gasteiger partial charge is 0.401 e. The molecule has 3 nitrogen and oxygen atoms in total. The van der Waals surface area contributed by atoms with Crippen LogP contribution in [0.5, 0.6) is 0 Å². The zero-order chi connectivity index (χ0) is 17.3. The molecule has 3 rings (SSSR count). The molecule has 1 saturated heterocycles. The van der Waals surface area contributed by atoms with Crippen molar-refractivity contribution < 1.29 is 13.2 Å². The smallest absolute Gasteiger partial charge is 0.304 e. The van der Waals surface area contributed by atoms with Crippen molar-refractivity contribution in [2.45, 2.75) is 38.7 Å². The van der Waals surface area contributed by atoms with Crippen molar-refractivity contribution in [3.05, 3.63) is 34.9 Å². The van der Waals surface area contributed by atoms with Crippen molar-refractivity contribution in [1.29, 1.82) is 0 Å². The Hall–Kier alpha value is -1.11. The molecule has 1 fully saturated rings. The molecule has 6 heteroatoms. The number of hydrogen-bond acceptors (Lipinski definition) is 3. The topological polar surface area (TPSA) is 9.72 Å². The molecule has 1 aromatic rings. The highest BCUT2D eigenvalue weighted by molar-refractivity contribution is 5.34. The molecule has 0 N–H and O–H groups in total. The standard InChI is InChI=1S/C18H26F3N3/c1-14-9-17-10-15(11-23-7-5-22(2)6-8-23)3-4-16(17)12-24(14)13-18(19,20)21/h3-4,10,14H,5-9,11-13H2,1-2H3. The van der Waals surface area contributed by atoms with Crippen molar-refractivity contribution in [2.75, 3.05) is 39.8 Å².